The Morgan fingerprint density at radius 2 is 2.15 bits per heavy atom. The van der Waals surface area contributed by atoms with Crippen molar-refractivity contribution in [3.63, 3.8) is 0 Å². The number of amides is 1. The van der Waals surface area contributed by atoms with Gasteiger partial charge in [-0.05, 0) is 28.8 Å². The lowest BCUT2D eigenvalue weighted by Crippen LogP contribution is -2.25. The average molecular weight is 455 g/mol. The molecule has 0 atom stereocenters. The Morgan fingerprint density at radius 3 is 2.69 bits per heavy atom. The molecule has 1 aliphatic rings. The number of rotatable bonds is 6. The lowest BCUT2D eigenvalue weighted by Gasteiger charge is -2.09. The number of nitrogens with one attached hydrogen (secondary N) is 1. The summed E-state index contributed by atoms with van der Waals surface area (Å²) < 4.78 is 42.0. The van der Waals surface area contributed by atoms with Crippen LogP contribution in [0.1, 0.15) is 42.3 Å². The van der Waals surface area contributed by atoms with Gasteiger partial charge in [-0.3, -0.25) is 14.2 Å². The molecule has 1 aliphatic carbocycles. The first-order valence-electron chi connectivity index (χ1n) is 7.95. The lowest BCUT2D eigenvalue weighted by atomic mass is 10.2. The van der Waals surface area contributed by atoms with E-state index in [-0.39, 0.29) is 35.8 Å². The minimum Gasteiger partial charge on any atom is -0.350 e. The Hall–Kier alpha value is -1.55. The summed E-state index contributed by atoms with van der Waals surface area (Å²) in [5.74, 6) is -0.242. The molecule has 3 rings (SSSR count). The molecule has 0 bridgehead atoms. The molecule has 0 unspecified atom stereocenters. The summed E-state index contributed by atoms with van der Waals surface area (Å²) in [4.78, 5) is 12.1. The number of hydrogen-bond acceptors (Lipinski definition) is 3. The topological polar surface area (TPSA) is 64.7 Å². The molecule has 0 aromatic carbocycles. The maximum atomic E-state index is 13.1. The van der Waals surface area contributed by atoms with Crippen molar-refractivity contribution in [2.24, 2.45) is 7.05 Å². The number of halogens is 5. The van der Waals surface area contributed by atoms with Crippen LogP contribution in [0.5, 0.6) is 0 Å². The van der Waals surface area contributed by atoms with Crippen molar-refractivity contribution >= 4 is 33.4 Å². The maximum absolute atomic E-state index is 13.1. The van der Waals surface area contributed by atoms with Crippen LogP contribution >= 0.6 is 27.5 Å². The zero-order chi connectivity index (χ0) is 19.1. The fourth-order valence-electron chi connectivity index (χ4n) is 2.66. The molecule has 2 heterocycles. The highest BCUT2D eigenvalue weighted by Gasteiger charge is 2.41. The fraction of sp³-hybridized carbons (Fsp3) is 0.533. The van der Waals surface area contributed by atoms with Gasteiger partial charge in [0.1, 0.15) is 0 Å². The van der Waals surface area contributed by atoms with Crippen LogP contribution in [0, 0.1) is 0 Å². The molecule has 11 heteroatoms. The van der Waals surface area contributed by atoms with E-state index in [0.717, 1.165) is 12.8 Å². The molecule has 2 aromatic heterocycles. The summed E-state index contributed by atoms with van der Waals surface area (Å²) in [6.07, 6.45) is -1.39. The Labute approximate surface area is 160 Å². The van der Waals surface area contributed by atoms with E-state index in [1.165, 1.54) is 10.9 Å². The molecule has 0 aliphatic heterocycles. The molecule has 26 heavy (non-hydrogen) atoms. The monoisotopic (exact) mass is 453 g/mol. The van der Waals surface area contributed by atoms with Crippen LogP contribution in [0.25, 0.3) is 0 Å². The summed E-state index contributed by atoms with van der Waals surface area (Å²) in [7, 11) is 1.70. The van der Waals surface area contributed by atoms with E-state index < -0.39 is 11.9 Å². The minimum atomic E-state index is -4.54. The summed E-state index contributed by atoms with van der Waals surface area (Å²) in [6, 6.07) is 0. The first-order chi connectivity index (χ1) is 12.2. The van der Waals surface area contributed by atoms with Gasteiger partial charge in [-0.2, -0.15) is 23.4 Å². The zero-order valence-corrected chi connectivity index (χ0v) is 16.1. The predicted octanol–water partition coefficient (Wildman–Crippen LogP) is 3.64. The van der Waals surface area contributed by atoms with E-state index in [1.54, 1.807) is 11.7 Å². The first-order valence-corrected chi connectivity index (χ1v) is 9.12. The van der Waals surface area contributed by atoms with E-state index in [4.69, 9.17) is 11.6 Å². The molecule has 1 N–H and O–H groups in total. The third-order valence-electron chi connectivity index (χ3n) is 4.18. The molecule has 0 radical (unpaired) electrons. The molecule has 0 spiro atoms. The molecule has 1 fully saturated rings. The highest BCUT2D eigenvalue weighted by Crippen LogP contribution is 2.47. The summed E-state index contributed by atoms with van der Waals surface area (Å²) in [5, 5.41) is 10.8. The minimum absolute atomic E-state index is 0.0145. The second kappa shape index (κ2) is 7.22. The Morgan fingerprint density at radius 1 is 1.46 bits per heavy atom. The number of aryl methyl sites for hydroxylation is 2. The lowest BCUT2D eigenvalue weighted by molar-refractivity contribution is -0.142. The van der Waals surface area contributed by atoms with Gasteiger partial charge in [-0.1, -0.05) is 11.6 Å². The zero-order valence-electron chi connectivity index (χ0n) is 13.8. The molecule has 1 saturated carbocycles. The van der Waals surface area contributed by atoms with Gasteiger partial charge < -0.3 is 5.32 Å². The molecule has 142 valence electrons. The van der Waals surface area contributed by atoms with Crippen molar-refractivity contribution in [2.45, 2.75) is 44.4 Å². The number of carbonyl (C=O) groups is 1. The van der Waals surface area contributed by atoms with Crippen molar-refractivity contribution in [1.29, 1.82) is 0 Å². The predicted molar refractivity (Wildman–Crippen MR) is 91.6 cm³/mol. The maximum Gasteiger partial charge on any atom is 0.436 e. The van der Waals surface area contributed by atoms with Gasteiger partial charge >= 0.3 is 6.18 Å². The molecule has 6 nitrogen and oxygen atoms in total. The Balaban J connectivity index is 1.65. The molecular weight excluding hydrogens is 439 g/mol. The van der Waals surface area contributed by atoms with Crippen LogP contribution in [0.3, 0.4) is 0 Å². The van der Waals surface area contributed by atoms with Gasteiger partial charge in [0, 0.05) is 19.4 Å². The van der Waals surface area contributed by atoms with Crippen molar-refractivity contribution in [3.05, 3.63) is 32.8 Å². The third-order valence-corrected chi connectivity index (χ3v) is 5.28. The summed E-state index contributed by atoms with van der Waals surface area (Å²) >= 11 is 9.00. The SMILES string of the molecule is Cn1ncc(Cl)c1CNC(=O)CCn1nc(C(F)(F)F)c(Br)c1C1CC1. The van der Waals surface area contributed by atoms with Crippen molar-refractivity contribution in [2.75, 3.05) is 0 Å². The third kappa shape index (κ3) is 4.06. The standard InChI is InChI=1S/C15H16BrClF3N5O/c1-24-10(9(17)6-22-24)7-21-11(26)4-5-25-13(8-2-3-8)12(16)14(23-25)15(18,19)20/h6,8H,2-5,7H2,1H3,(H,21,26). The van der Waals surface area contributed by atoms with Crippen LogP contribution in [0.2, 0.25) is 5.02 Å². The van der Waals surface area contributed by atoms with Crippen LogP contribution in [0.15, 0.2) is 10.7 Å². The fourth-order valence-corrected chi connectivity index (χ4v) is 3.73. The van der Waals surface area contributed by atoms with Gasteiger partial charge in [0.15, 0.2) is 5.69 Å². The van der Waals surface area contributed by atoms with E-state index in [2.05, 4.69) is 31.4 Å². The second-order valence-corrected chi connectivity index (χ2v) is 7.33. The Bertz CT molecular complexity index is 809. The van der Waals surface area contributed by atoms with E-state index >= 15 is 0 Å². The smallest absolute Gasteiger partial charge is 0.350 e. The van der Waals surface area contributed by atoms with Crippen LogP contribution in [-0.4, -0.2) is 25.5 Å². The number of aromatic nitrogens is 4. The number of alkyl halides is 3. The van der Waals surface area contributed by atoms with E-state index in [9.17, 15) is 18.0 Å². The normalized spacial score (nSPS) is 14.7. The number of carbonyl (C=O) groups excluding carboxylic acids is 1. The van der Waals surface area contributed by atoms with Crippen LogP contribution in [-0.2, 0) is 31.1 Å². The average Bonchev–Trinajstić information content (AvgIpc) is 3.25. The van der Waals surface area contributed by atoms with Crippen molar-refractivity contribution in [3.8, 4) is 0 Å². The first kappa shape index (κ1) is 19.2. The van der Waals surface area contributed by atoms with Gasteiger partial charge in [-0.25, -0.2) is 0 Å². The second-order valence-electron chi connectivity index (χ2n) is 6.13. The van der Waals surface area contributed by atoms with Gasteiger partial charge in [-0.15, -0.1) is 0 Å². The van der Waals surface area contributed by atoms with Gasteiger partial charge in [0.05, 0.1) is 40.2 Å². The number of hydrogen-bond donors (Lipinski definition) is 1. The largest absolute Gasteiger partial charge is 0.436 e. The molecule has 1 amide bonds. The summed E-state index contributed by atoms with van der Waals surface area (Å²) in [6.45, 7) is 0.270. The summed E-state index contributed by atoms with van der Waals surface area (Å²) in [5.41, 5.74) is 0.223. The molecule has 0 saturated heterocycles. The molecule has 2 aromatic rings. The van der Waals surface area contributed by atoms with Crippen molar-refractivity contribution < 1.29 is 18.0 Å². The van der Waals surface area contributed by atoms with E-state index in [1.807, 2.05) is 0 Å². The van der Waals surface area contributed by atoms with Gasteiger partial charge in [0.2, 0.25) is 5.91 Å². The highest BCUT2D eigenvalue weighted by molar-refractivity contribution is 9.10. The van der Waals surface area contributed by atoms with E-state index in [0.29, 0.717) is 16.4 Å². The van der Waals surface area contributed by atoms with Crippen LogP contribution < -0.4 is 5.32 Å². The highest BCUT2D eigenvalue weighted by atomic mass is 79.9. The van der Waals surface area contributed by atoms with Crippen molar-refractivity contribution in [1.82, 2.24) is 24.9 Å². The molecular formula is C15H16BrClF3N5O. The van der Waals surface area contributed by atoms with Gasteiger partial charge in [0.25, 0.3) is 0 Å². The quantitative estimate of drug-likeness (QED) is 0.725. The van der Waals surface area contributed by atoms with Crippen LogP contribution in [0.4, 0.5) is 13.2 Å². The Kier molecular flexibility index (Phi) is 5.34. The number of nitrogens with zero attached hydrogens (tertiary/aromatic N) is 4.